The fourth-order valence-corrected chi connectivity index (χ4v) is 2.07. The summed E-state index contributed by atoms with van der Waals surface area (Å²) in [6.45, 7) is 3.41. The van der Waals surface area contributed by atoms with Gasteiger partial charge in [0.2, 0.25) is 0 Å². The number of nitrogens with two attached hydrogens (primary N) is 1. The van der Waals surface area contributed by atoms with Crippen molar-refractivity contribution in [1.29, 1.82) is 0 Å². The number of hydrogen-bond donors (Lipinski definition) is 2. The molecular weight excluding hydrogens is 244 g/mol. The van der Waals surface area contributed by atoms with E-state index in [4.69, 9.17) is 15.2 Å². The summed E-state index contributed by atoms with van der Waals surface area (Å²) in [6, 6.07) is 7.04. The topological polar surface area (TPSA) is 73.6 Å². The van der Waals surface area contributed by atoms with Crippen molar-refractivity contribution < 1.29 is 14.3 Å². The van der Waals surface area contributed by atoms with Crippen LogP contribution in [-0.4, -0.2) is 31.3 Å². The third-order valence-corrected chi connectivity index (χ3v) is 3.27. The number of nitrogens with one attached hydrogen (secondary N) is 1. The lowest BCUT2D eigenvalue weighted by molar-refractivity contribution is -0.126. The SMILES string of the molecule is CC1(NC(=O)COc2cccc(N)c2)CCOCC1. The molecule has 0 saturated carbocycles. The zero-order valence-corrected chi connectivity index (χ0v) is 11.1. The molecule has 0 spiro atoms. The lowest BCUT2D eigenvalue weighted by Gasteiger charge is -2.34. The van der Waals surface area contributed by atoms with Crippen molar-refractivity contribution in [2.75, 3.05) is 25.6 Å². The highest BCUT2D eigenvalue weighted by Crippen LogP contribution is 2.19. The molecule has 104 valence electrons. The third kappa shape index (κ3) is 4.13. The van der Waals surface area contributed by atoms with Gasteiger partial charge in [-0.25, -0.2) is 0 Å². The van der Waals surface area contributed by atoms with Gasteiger partial charge < -0.3 is 20.5 Å². The predicted octanol–water partition coefficient (Wildman–Crippen LogP) is 1.33. The van der Waals surface area contributed by atoms with Crippen molar-refractivity contribution in [2.45, 2.75) is 25.3 Å². The van der Waals surface area contributed by atoms with Crippen LogP contribution in [0.4, 0.5) is 5.69 Å². The number of benzene rings is 1. The first-order chi connectivity index (χ1) is 9.07. The monoisotopic (exact) mass is 264 g/mol. The molecule has 1 aromatic carbocycles. The Morgan fingerprint density at radius 1 is 1.47 bits per heavy atom. The first-order valence-corrected chi connectivity index (χ1v) is 6.44. The predicted molar refractivity (Wildman–Crippen MR) is 73.0 cm³/mol. The standard InChI is InChI=1S/C14H20N2O3/c1-14(5-7-18-8-6-14)16-13(17)10-19-12-4-2-3-11(15)9-12/h2-4,9H,5-8,10,15H2,1H3,(H,16,17). The molecule has 0 atom stereocenters. The summed E-state index contributed by atoms with van der Waals surface area (Å²) < 4.78 is 10.7. The molecule has 0 aliphatic carbocycles. The molecule has 5 nitrogen and oxygen atoms in total. The summed E-state index contributed by atoms with van der Waals surface area (Å²) in [4.78, 5) is 11.9. The number of rotatable bonds is 4. The summed E-state index contributed by atoms with van der Waals surface area (Å²) in [7, 11) is 0. The summed E-state index contributed by atoms with van der Waals surface area (Å²) >= 11 is 0. The van der Waals surface area contributed by atoms with Crippen molar-refractivity contribution in [3.63, 3.8) is 0 Å². The summed E-state index contributed by atoms with van der Waals surface area (Å²) in [5.41, 5.74) is 6.07. The minimum Gasteiger partial charge on any atom is -0.484 e. The van der Waals surface area contributed by atoms with Crippen LogP contribution in [0.25, 0.3) is 0 Å². The van der Waals surface area contributed by atoms with Gasteiger partial charge in [-0.05, 0) is 31.9 Å². The molecule has 3 N–H and O–H groups in total. The van der Waals surface area contributed by atoms with E-state index in [9.17, 15) is 4.79 Å². The van der Waals surface area contributed by atoms with Crippen LogP contribution in [0, 0.1) is 0 Å². The van der Waals surface area contributed by atoms with Gasteiger partial charge in [-0.2, -0.15) is 0 Å². The van der Waals surface area contributed by atoms with E-state index >= 15 is 0 Å². The van der Waals surface area contributed by atoms with Gasteiger partial charge in [-0.3, -0.25) is 4.79 Å². The fraction of sp³-hybridized carbons (Fsp3) is 0.500. The van der Waals surface area contributed by atoms with Crippen LogP contribution in [0.15, 0.2) is 24.3 Å². The molecule has 0 unspecified atom stereocenters. The van der Waals surface area contributed by atoms with Gasteiger partial charge in [-0.15, -0.1) is 0 Å². The van der Waals surface area contributed by atoms with Crippen molar-refractivity contribution in [1.82, 2.24) is 5.32 Å². The van der Waals surface area contributed by atoms with Crippen molar-refractivity contribution >= 4 is 11.6 Å². The molecule has 0 aromatic heterocycles. The van der Waals surface area contributed by atoms with Crippen LogP contribution < -0.4 is 15.8 Å². The van der Waals surface area contributed by atoms with Gasteiger partial charge in [0.05, 0.1) is 0 Å². The molecule has 1 aromatic rings. The first kappa shape index (κ1) is 13.7. The number of amides is 1. The Morgan fingerprint density at radius 3 is 2.89 bits per heavy atom. The second-order valence-corrected chi connectivity index (χ2v) is 5.08. The average molecular weight is 264 g/mol. The van der Waals surface area contributed by atoms with Crippen LogP contribution in [0.2, 0.25) is 0 Å². The van der Waals surface area contributed by atoms with Crippen LogP contribution >= 0.6 is 0 Å². The van der Waals surface area contributed by atoms with E-state index < -0.39 is 0 Å². The Balaban J connectivity index is 1.81. The number of anilines is 1. The highest BCUT2D eigenvalue weighted by Gasteiger charge is 2.28. The van der Waals surface area contributed by atoms with Crippen LogP contribution in [0.5, 0.6) is 5.75 Å². The molecule has 2 rings (SSSR count). The number of carbonyl (C=O) groups is 1. The summed E-state index contributed by atoms with van der Waals surface area (Å²) in [5, 5.41) is 3.00. The van der Waals surface area contributed by atoms with Gasteiger partial charge >= 0.3 is 0 Å². The number of nitrogen functional groups attached to an aromatic ring is 1. The molecule has 1 aliphatic rings. The van der Waals surface area contributed by atoms with E-state index in [0.717, 1.165) is 12.8 Å². The van der Waals surface area contributed by atoms with Gasteiger partial charge in [0.15, 0.2) is 6.61 Å². The molecule has 1 fully saturated rings. The van der Waals surface area contributed by atoms with E-state index in [-0.39, 0.29) is 18.1 Å². The first-order valence-electron chi connectivity index (χ1n) is 6.44. The lowest BCUT2D eigenvalue weighted by Crippen LogP contribution is -2.50. The minimum atomic E-state index is -0.186. The Hall–Kier alpha value is -1.75. The Bertz CT molecular complexity index is 442. The van der Waals surface area contributed by atoms with E-state index in [2.05, 4.69) is 5.32 Å². The summed E-state index contributed by atoms with van der Waals surface area (Å²) in [5.74, 6) is 0.485. The maximum absolute atomic E-state index is 11.9. The zero-order valence-electron chi connectivity index (χ0n) is 11.1. The highest BCUT2D eigenvalue weighted by atomic mass is 16.5. The lowest BCUT2D eigenvalue weighted by atomic mass is 9.92. The Morgan fingerprint density at radius 2 is 2.21 bits per heavy atom. The van der Waals surface area contributed by atoms with E-state index in [1.54, 1.807) is 24.3 Å². The quantitative estimate of drug-likeness (QED) is 0.805. The van der Waals surface area contributed by atoms with Crippen LogP contribution in [-0.2, 0) is 9.53 Å². The Kier molecular flexibility index (Phi) is 4.27. The molecule has 0 radical (unpaired) electrons. The summed E-state index contributed by atoms with van der Waals surface area (Å²) in [6.07, 6.45) is 1.66. The highest BCUT2D eigenvalue weighted by molar-refractivity contribution is 5.78. The largest absolute Gasteiger partial charge is 0.484 e. The third-order valence-electron chi connectivity index (χ3n) is 3.27. The van der Waals surface area contributed by atoms with Crippen LogP contribution in [0.3, 0.4) is 0 Å². The smallest absolute Gasteiger partial charge is 0.258 e. The van der Waals surface area contributed by atoms with E-state index in [1.165, 1.54) is 0 Å². The van der Waals surface area contributed by atoms with E-state index in [0.29, 0.717) is 24.7 Å². The van der Waals surface area contributed by atoms with Crippen molar-refractivity contribution in [3.05, 3.63) is 24.3 Å². The molecule has 19 heavy (non-hydrogen) atoms. The van der Waals surface area contributed by atoms with Gasteiger partial charge in [0.1, 0.15) is 5.75 Å². The molecule has 1 saturated heterocycles. The molecule has 1 heterocycles. The zero-order chi connectivity index (χ0) is 13.7. The fourth-order valence-electron chi connectivity index (χ4n) is 2.07. The van der Waals surface area contributed by atoms with Gasteiger partial charge in [0, 0.05) is 30.5 Å². The second kappa shape index (κ2) is 5.93. The molecule has 0 bridgehead atoms. The van der Waals surface area contributed by atoms with Gasteiger partial charge in [-0.1, -0.05) is 6.07 Å². The molecular formula is C14H20N2O3. The normalized spacial score (nSPS) is 17.7. The molecule has 5 heteroatoms. The van der Waals surface area contributed by atoms with Crippen LogP contribution in [0.1, 0.15) is 19.8 Å². The van der Waals surface area contributed by atoms with Crippen molar-refractivity contribution in [3.8, 4) is 5.75 Å². The number of ether oxygens (including phenoxy) is 2. The minimum absolute atomic E-state index is 0.0000987. The Labute approximate surface area is 113 Å². The van der Waals surface area contributed by atoms with E-state index in [1.807, 2.05) is 6.92 Å². The number of carbonyl (C=O) groups excluding carboxylic acids is 1. The molecule has 1 amide bonds. The van der Waals surface area contributed by atoms with Gasteiger partial charge in [0.25, 0.3) is 5.91 Å². The molecule has 1 aliphatic heterocycles. The second-order valence-electron chi connectivity index (χ2n) is 5.08. The maximum atomic E-state index is 11.9. The maximum Gasteiger partial charge on any atom is 0.258 e. The average Bonchev–Trinajstić information content (AvgIpc) is 2.37. The number of hydrogen-bond acceptors (Lipinski definition) is 4. The van der Waals surface area contributed by atoms with Crippen molar-refractivity contribution in [2.24, 2.45) is 0 Å².